The third-order valence-corrected chi connectivity index (χ3v) is 4.38. The van der Waals surface area contributed by atoms with Gasteiger partial charge >= 0.3 is 0 Å². The van der Waals surface area contributed by atoms with E-state index in [2.05, 4.69) is 5.16 Å². The minimum absolute atomic E-state index is 0.0872. The second-order valence-electron chi connectivity index (χ2n) is 3.69. The molecule has 86 valence electrons. The maximum Gasteiger partial charge on any atom is 0.219 e. The molecule has 1 rings (SSSR count). The average Bonchev–Trinajstić information content (AvgIpc) is 2.27. The van der Waals surface area contributed by atoms with Crippen molar-refractivity contribution in [2.75, 3.05) is 19.3 Å². The fourth-order valence-electron chi connectivity index (χ4n) is 1.84. The van der Waals surface area contributed by atoms with Crippen LogP contribution in [-0.4, -0.2) is 45.9 Å². The van der Waals surface area contributed by atoms with E-state index in [1.165, 1.54) is 0 Å². The molecular formula is C9H17N3O2S. The Labute approximate surface area is 93.7 Å². The van der Waals surface area contributed by atoms with E-state index in [0.717, 1.165) is 12.8 Å². The van der Waals surface area contributed by atoms with Crippen molar-refractivity contribution >= 4 is 23.5 Å². The van der Waals surface area contributed by atoms with Crippen molar-refractivity contribution in [1.29, 1.82) is 0 Å². The summed E-state index contributed by atoms with van der Waals surface area (Å²) in [5.41, 5.74) is 5.69. The van der Waals surface area contributed by atoms with E-state index in [1.807, 2.05) is 6.26 Å². The maximum absolute atomic E-state index is 11.1. The molecule has 1 amide bonds. The minimum Gasteiger partial charge on any atom is -0.409 e. The second-order valence-corrected chi connectivity index (χ2v) is 4.88. The first-order valence-electron chi connectivity index (χ1n) is 4.84. The Kier molecular flexibility index (Phi) is 3.84. The third-order valence-electron chi connectivity index (χ3n) is 2.98. The van der Waals surface area contributed by atoms with Crippen LogP contribution >= 0.6 is 11.8 Å². The summed E-state index contributed by atoms with van der Waals surface area (Å²) in [6.07, 6.45) is 3.43. The van der Waals surface area contributed by atoms with Crippen LogP contribution in [0.1, 0.15) is 19.8 Å². The van der Waals surface area contributed by atoms with Crippen LogP contribution in [0, 0.1) is 0 Å². The Hall–Kier alpha value is -0.910. The fourth-order valence-corrected chi connectivity index (χ4v) is 2.68. The maximum atomic E-state index is 11.1. The van der Waals surface area contributed by atoms with Gasteiger partial charge in [-0.3, -0.25) is 4.79 Å². The second kappa shape index (κ2) is 4.74. The third kappa shape index (κ3) is 2.37. The van der Waals surface area contributed by atoms with Crippen molar-refractivity contribution in [3.05, 3.63) is 0 Å². The molecule has 1 aliphatic rings. The molecule has 15 heavy (non-hydrogen) atoms. The van der Waals surface area contributed by atoms with Gasteiger partial charge < -0.3 is 15.8 Å². The van der Waals surface area contributed by atoms with Crippen LogP contribution in [0.15, 0.2) is 5.16 Å². The first-order chi connectivity index (χ1) is 7.05. The number of likely N-dealkylation sites (tertiary alicyclic amines) is 1. The Morgan fingerprint density at radius 2 is 2.07 bits per heavy atom. The van der Waals surface area contributed by atoms with Gasteiger partial charge in [-0.1, -0.05) is 5.16 Å². The van der Waals surface area contributed by atoms with E-state index < -0.39 is 0 Å². The largest absolute Gasteiger partial charge is 0.409 e. The van der Waals surface area contributed by atoms with E-state index in [0.29, 0.717) is 13.1 Å². The van der Waals surface area contributed by atoms with E-state index in [4.69, 9.17) is 10.9 Å². The van der Waals surface area contributed by atoms with Crippen LogP contribution < -0.4 is 5.73 Å². The molecule has 0 saturated carbocycles. The highest BCUT2D eigenvalue weighted by molar-refractivity contribution is 8.00. The number of amidine groups is 1. The van der Waals surface area contributed by atoms with Gasteiger partial charge in [0.25, 0.3) is 0 Å². The highest BCUT2D eigenvalue weighted by Gasteiger charge is 2.38. The molecule has 1 saturated heterocycles. The lowest BCUT2D eigenvalue weighted by atomic mass is 9.94. The number of rotatable bonds is 2. The molecule has 0 atom stereocenters. The molecule has 0 aromatic heterocycles. The molecule has 0 aromatic carbocycles. The Balaban J connectivity index is 2.71. The van der Waals surface area contributed by atoms with Crippen molar-refractivity contribution in [3.63, 3.8) is 0 Å². The number of nitrogens with two attached hydrogens (primary N) is 1. The molecule has 0 aromatic rings. The van der Waals surface area contributed by atoms with Crippen molar-refractivity contribution in [2.45, 2.75) is 24.5 Å². The minimum atomic E-state index is -0.305. The van der Waals surface area contributed by atoms with Crippen LogP contribution in [0.25, 0.3) is 0 Å². The number of hydrogen-bond acceptors (Lipinski definition) is 4. The van der Waals surface area contributed by atoms with Gasteiger partial charge in [-0.25, -0.2) is 0 Å². The van der Waals surface area contributed by atoms with E-state index in [-0.39, 0.29) is 16.5 Å². The summed E-state index contributed by atoms with van der Waals surface area (Å²) in [6, 6.07) is 0. The SMILES string of the molecule is CSC1(C(N)=NO)CCN(C(C)=O)CC1. The molecule has 0 radical (unpaired) electrons. The zero-order valence-corrected chi connectivity index (χ0v) is 9.88. The van der Waals surface area contributed by atoms with Gasteiger partial charge in [0.05, 0.1) is 4.75 Å². The zero-order chi connectivity index (χ0) is 11.5. The number of hydrogen-bond donors (Lipinski definition) is 2. The van der Waals surface area contributed by atoms with Gasteiger partial charge in [-0.05, 0) is 19.1 Å². The number of amides is 1. The monoisotopic (exact) mass is 231 g/mol. The smallest absolute Gasteiger partial charge is 0.219 e. The van der Waals surface area contributed by atoms with Crippen LogP contribution in [0.2, 0.25) is 0 Å². The molecule has 0 bridgehead atoms. The lowest BCUT2D eigenvalue weighted by molar-refractivity contribution is -0.129. The molecule has 0 unspecified atom stereocenters. The highest BCUT2D eigenvalue weighted by Crippen LogP contribution is 2.34. The summed E-state index contributed by atoms with van der Waals surface area (Å²) in [5, 5.41) is 11.8. The molecule has 1 heterocycles. The molecule has 0 spiro atoms. The van der Waals surface area contributed by atoms with Gasteiger partial charge in [-0.15, -0.1) is 0 Å². The predicted octanol–water partition coefficient (Wildman–Crippen LogP) is 0.477. The van der Waals surface area contributed by atoms with Gasteiger partial charge in [0, 0.05) is 20.0 Å². The number of nitrogens with zero attached hydrogens (tertiary/aromatic N) is 2. The number of piperidine rings is 1. The highest BCUT2D eigenvalue weighted by atomic mass is 32.2. The summed E-state index contributed by atoms with van der Waals surface area (Å²) < 4.78 is -0.305. The van der Waals surface area contributed by atoms with Crippen LogP contribution in [-0.2, 0) is 4.79 Å². The predicted molar refractivity (Wildman–Crippen MR) is 61.1 cm³/mol. The molecule has 1 aliphatic heterocycles. The molecular weight excluding hydrogens is 214 g/mol. The fraction of sp³-hybridized carbons (Fsp3) is 0.778. The van der Waals surface area contributed by atoms with Crippen molar-refractivity contribution < 1.29 is 10.0 Å². The first-order valence-corrected chi connectivity index (χ1v) is 6.07. The first kappa shape index (κ1) is 12.2. The van der Waals surface area contributed by atoms with Crippen LogP contribution in [0.5, 0.6) is 0 Å². The van der Waals surface area contributed by atoms with E-state index >= 15 is 0 Å². The van der Waals surface area contributed by atoms with Gasteiger partial charge in [0.1, 0.15) is 0 Å². The number of thioether (sulfide) groups is 1. The number of carbonyl (C=O) groups excluding carboxylic acids is 1. The molecule has 5 nitrogen and oxygen atoms in total. The summed E-state index contributed by atoms with van der Waals surface area (Å²) in [7, 11) is 0. The van der Waals surface area contributed by atoms with E-state index in [1.54, 1.807) is 23.6 Å². The lowest BCUT2D eigenvalue weighted by Crippen LogP contribution is -2.51. The Bertz CT molecular complexity index is 273. The normalized spacial score (nSPS) is 21.5. The summed E-state index contributed by atoms with van der Waals surface area (Å²) in [4.78, 5) is 12.9. The van der Waals surface area contributed by atoms with Crippen molar-refractivity contribution in [3.8, 4) is 0 Å². The topological polar surface area (TPSA) is 78.9 Å². The Morgan fingerprint density at radius 1 is 1.53 bits per heavy atom. The van der Waals surface area contributed by atoms with Gasteiger partial charge in [-0.2, -0.15) is 11.8 Å². The average molecular weight is 231 g/mol. The van der Waals surface area contributed by atoms with Crippen LogP contribution in [0.4, 0.5) is 0 Å². The van der Waals surface area contributed by atoms with Crippen molar-refractivity contribution in [2.24, 2.45) is 10.9 Å². The van der Waals surface area contributed by atoms with Crippen molar-refractivity contribution in [1.82, 2.24) is 4.90 Å². The number of oxime groups is 1. The van der Waals surface area contributed by atoms with Crippen LogP contribution in [0.3, 0.4) is 0 Å². The standard InChI is InChI=1S/C9H17N3O2S/c1-7(13)12-5-3-9(15-2,4-6-12)8(10)11-14/h14H,3-6H2,1-2H3,(H2,10,11). The lowest BCUT2D eigenvalue weighted by Gasteiger charge is -2.39. The Morgan fingerprint density at radius 3 is 2.40 bits per heavy atom. The quantitative estimate of drug-likeness (QED) is 0.313. The summed E-state index contributed by atoms with van der Waals surface area (Å²) in [6.45, 7) is 2.91. The molecule has 6 heteroatoms. The zero-order valence-electron chi connectivity index (χ0n) is 9.06. The molecule has 0 aliphatic carbocycles. The molecule has 1 fully saturated rings. The number of carbonyl (C=O) groups is 1. The summed E-state index contributed by atoms with van der Waals surface area (Å²) >= 11 is 1.59. The molecule has 3 N–H and O–H groups in total. The van der Waals surface area contributed by atoms with Gasteiger partial charge in [0.2, 0.25) is 5.91 Å². The van der Waals surface area contributed by atoms with E-state index in [9.17, 15) is 4.79 Å². The van der Waals surface area contributed by atoms with Gasteiger partial charge in [0.15, 0.2) is 5.84 Å². The summed E-state index contributed by atoms with van der Waals surface area (Å²) in [5.74, 6) is 0.349.